The minimum absolute atomic E-state index is 0.0364. The molecule has 4 unspecified atom stereocenters. The first-order valence-corrected chi connectivity index (χ1v) is 12.2. The molecule has 7 nitrogen and oxygen atoms in total. The molecule has 0 aromatic carbocycles. The molecule has 0 bridgehead atoms. The Bertz CT molecular complexity index is 1140. The molecule has 2 aliphatic carbocycles. The second kappa shape index (κ2) is 9.45. The Labute approximate surface area is 212 Å². The number of rotatable bonds is 10. The van der Waals surface area contributed by atoms with Gasteiger partial charge in [-0.3, -0.25) is 24.4 Å². The Kier molecular flexibility index (Phi) is 6.69. The summed E-state index contributed by atoms with van der Waals surface area (Å²) in [6, 6.07) is 6.91. The molecule has 2 aromatic rings. The van der Waals surface area contributed by atoms with Gasteiger partial charge in [0.1, 0.15) is 0 Å². The van der Waals surface area contributed by atoms with Gasteiger partial charge in [-0.2, -0.15) is 0 Å². The van der Waals surface area contributed by atoms with Crippen LogP contribution in [0.15, 0.2) is 72.6 Å². The van der Waals surface area contributed by atoms with E-state index < -0.39 is 10.8 Å². The third kappa shape index (κ3) is 4.27. The second-order valence-corrected chi connectivity index (χ2v) is 10.5. The van der Waals surface area contributed by atoms with E-state index in [0.29, 0.717) is 11.1 Å². The van der Waals surface area contributed by atoms with E-state index in [1.54, 1.807) is 49.1 Å². The van der Waals surface area contributed by atoms with Gasteiger partial charge in [-0.15, -0.1) is 0 Å². The van der Waals surface area contributed by atoms with Crippen molar-refractivity contribution in [3.63, 3.8) is 0 Å². The first-order valence-electron chi connectivity index (χ1n) is 12.2. The maximum Gasteiger partial charge on any atom is 0.165 e. The van der Waals surface area contributed by atoms with Crippen LogP contribution in [-0.2, 0) is 4.79 Å². The van der Waals surface area contributed by atoms with Gasteiger partial charge in [0, 0.05) is 76.9 Å². The smallest absolute Gasteiger partial charge is 0.165 e. The van der Waals surface area contributed by atoms with Crippen molar-refractivity contribution < 1.29 is 14.4 Å². The fourth-order valence-corrected chi connectivity index (χ4v) is 5.64. The lowest BCUT2D eigenvalue weighted by atomic mass is 9.77. The van der Waals surface area contributed by atoms with E-state index in [1.807, 2.05) is 64.2 Å². The third-order valence-corrected chi connectivity index (χ3v) is 7.73. The van der Waals surface area contributed by atoms with Crippen LogP contribution < -0.4 is 0 Å². The number of pyridine rings is 2. The average Bonchev–Trinajstić information content (AvgIpc) is 3.63. The lowest BCUT2D eigenvalue weighted by molar-refractivity contribution is -0.129. The van der Waals surface area contributed by atoms with Gasteiger partial charge in [0.25, 0.3) is 0 Å². The number of Topliss-reactive ketones (excluding diaryl/α,β-unsaturated/α-hetero) is 3. The molecule has 0 radical (unpaired) electrons. The van der Waals surface area contributed by atoms with E-state index in [9.17, 15) is 14.4 Å². The average molecular weight is 487 g/mol. The number of nitrogens with zero attached hydrogens (tertiary/aromatic N) is 4. The monoisotopic (exact) mass is 486 g/mol. The fourth-order valence-electron chi connectivity index (χ4n) is 5.64. The van der Waals surface area contributed by atoms with Crippen LogP contribution in [0.2, 0.25) is 0 Å². The summed E-state index contributed by atoms with van der Waals surface area (Å²) in [7, 11) is 7.65. The van der Waals surface area contributed by atoms with E-state index in [4.69, 9.17) is 0 Å². The number of hydrogen-bond donors (Lipinski definition) is 0. The summed E-state index contributed by atoms with van der Waals surface area (Å²) in [5, 5.41) is 0. The summed E-state index contributed by atoms with van der Waals surface area (Å²) in [5.74, 6) is -0.486. The summed E-state index contributed by atoms with van der Waals surface area (Å²) in [4.78, 5) is 53.5. The maximum absolute atomic E-state index is 14.7. The van der Waals surface area contributed by atoms with Crippen LogP contribution in [0.25, 0.3) is 0 Å². The SMILES string of the molecule is CC1C(=CN(C)C)C1(CC(=O)c1cccnc1)C(=O)C1(CC(=O)c2cccnc2)C(=CN(C)C)C1C. The summed E-state index contributed by atoms with van der Waals surface area (Å²) < 4.78 is 0. The van der Waals surface area contributed by atoms with E-state index >= 15 is 0 Å². The number of carbonyl (C=O) groups is 3. The van der Waals surface area contributed by atoms with Crippen molar-refractivity contribution >= 4 is 17.3 Å². The van der Waals surface area contributed by atoms with Crippen LogP contribution in [0.5, 0.6) is 0 Å². The molecule has 2 fully saturated rings. The minimum Gasteiger partial charge on any atom is -0.383 e. The van der Waals surface area contributed by atoms with Gasteiger partial charge in [0.2, 0.25) is 0 Å². The minimum atomic E-state index is -0.956. The van der Waals surface area contributed by atoms with Crippen molar-refractivity contribution in [2.24, 2.45) is 22.7 Å². The molecule has 0 aliphatic heterocycles. The van der Waals surface area contributed by atoms with Gasteiger partial charge >= 0.3 is 0 Å². The first kappa shape index (κ1) is 25.5. The molecule has 0 amide bonds. The van der Waals surface area contributed by atoms with E-state index in [2.05, 4.69) is 9.97 Å². The molecule has 36 heavy (non-hydrogen) atoms. The quantitative estimate of drug-likeness (QED) is 0.469. The highest BCUT2D eigenvalue weighted by atomic mass is 16.1. The molecule has 4 atom stereocenters. The number of carbonyl (C=O) groups excluding carboxylic acids is 3. The lowest BCUT2D eigenvalue weighted by Crippen LogP contribution is -2.33. The predicted octanol–water partition coefficient (Wildman–Crippen LogP) is 4.05. The van der Waals surface area contributed by atoms with Crippen LogP contribution in [0.4, 0.5) is 0 Å². The molecule has 0 saturated heterocycles. The number of hydrogen-bond acceptors (Lipinski definition) is 7. The van der Waals surface area contributed by atoms with Gasteiger partial charge in [-0.05, 0) is 59.6 Å². The molecule has 2 aromatic heterocycles. The Morgan fingerprint density at radius 2 is 1.17 bits per heavy atom. The molecule has 2 aliphatic rings. The van der Waals surface area contributed by atoms with E-state index in [1.165, 1.54) is 0 Å². The number of allylic oxidation sites excluding steroid dienone is 2. The van der Waals surface area contributed by atoms with Crippen molar-refractivity contribution in [3.05, 3.63) is 83.7 Å². The van der Waals surface area contributed by atoms with Gasteiger partial charge in [0.15, 0.2) is 17.3 Å². The van der Waals surface area contributed by atoms with Crippen LogP contribution >= 0.6 is 0 Å². The van der Waals surface area contributed by atoms with Crippen molar-refractivity contribution in [1.29, 1.82) is 0 Å². The molecule has 2 heterocycles. The summed E-state index contributed by atoms with van der Waals surface area (Å²) in [6.45, 7) is 4.01. The summed E-state index contributed by atoms with van der Waals surface area (Å²) >= 11 is 0. The molecule has 2 saturated carbocycles. The van der Waals surface area contributed by atoms with Gasteiger partial charge in [-0.25, -0.2) is 0 Å². The largest absolute Gasteiger partial charge is 0.383 e. The maximum atomic E-state index is 14.7. The standard InChI is InChI=1S/C29H34N4O3/c1-19-23(17-32(3)4)28(19,13-25(34)21-9-7-11-30-15-21)27(36)29(20(2)24(29)18-33(5)6)14-26(35)22-10-8-12-31-16-22/h7-12,15-20H,13-14H2,1-6H3. The van der Waals surface area contributed by atoms with Crippen LogP contribution in [0.3, 0.4) is 0 Å². The number of ketones is 3. The molecule has 7 heteroatoms. The van der Waals surface area contributed by atoms with Gasteiger partial charge in [0.05, 0.1) is 10.8 Å². The zero-order chi connectivity index (χ0) is 26.3. The van der Waals surface area contributed by atoms with Gasteiger partial charge < -0.3 is 9.80 Å². The zero-order valence-electron chi connectivity index (χ0n) is 21.9. The molecule has 0 N–H and O–H groups in total. The van der Waals surface area contributed by atoms with Crippen LogP contribution in [-0.4, -0.2) is 65.3 Å². The normalized spacial score (nSPS) is 28.6. The second-order valence-electron chi connectivity index (χ2n) is 10.5. The molecular weight excluding hydrogens is 452 g/mol. The Morgan fingerprint density at radius 1 is 0.778 bits per heavy atom. The first-order chi connectivity index (χ1) is 17.1. The molecule has 188 valence electrons. The Morgan fingerprint density at radius 3 is 1.47 bits per heavy atom. The van der Waals surface area contributed by atoms with Crippen molar-refractivity contribution in [3.8, 4) is 0 Å². The summed E-state index contributed by atoms with van der Waals surface area (Å²) in [5.41, 5.74) is 0.936. The molecule has 4 rings (SSSR count). The molecule has 0 spiro atoms. The fraction of sp³-hybridized carbons (Fsp3) is 0.414. The van der Waals surface area contributed by atoms with E-state index in [-0.39, 0.29) is 42.0 Å². The van der Waals surface area contributed by atoms with E-state index in [0.717, 1.165) is 11.1 Å². The summed E-state index contributed by atoms with van der Waals surface area (Å²) in [6.07, 6.45) is 10.4. The van der Waals surface area contributed by atoms with Crippen LogP contribution in [0, 0.1) is 22.7 Å². The predicted molar refractivity (Wildman–Crippen MR) is 138 cm³/mol. The lowest BCUT2D eigenvalue weighted by Gasteiger charge is -2.23. The molecular formula is C29H34N4O3. The highest BCUT2D eigenvalue weighted by Crippen LogP contribution is 2.72. The third-order valence-electron chi connectivity index (χ3n) is 7.73. The highest BCUT2D eigenvalue weighted by Gasteiger charge is 2.74. The Balaban J connectivity index is 1.77. The Hall–Kier alpha value is -3.61. The number of aromatic nitrogens is 2. The van der Waals surface area contributed by atoms with Crippen molar-refractivity contribution in [2.75, 3.05) is 28.2 Å². The highest BCUT2D eigenvalue weighted by molar-refractivity contribution is 6.11. The van der Waals surface area contributed by atoms with Crippen molar-refractivity contribution in [1.82, 2.24) is 19.8 Å². The zero-order valence-corrected chi connectivity index (χ0v) is 21.9. The van der Waals surface area contributed by atoms with Gasteiger partial charge in [-0.1, -0.05) is 13.8 Å². The van der Waals surface area contributed by atoms with Crippen LogP contribution in [0.1, 0.15) is 47.4 Å². The van der Waals surface area contributed by atoms with Crippen molar-refractivity contribution in [2.45, 2.75) is 26.7 Å². The topological polar surface area (TPSA) is 83.5 Å².